The second-order valence-corrected chi connectivity index (χ2v) is 9.19. The van der Waals surface area contributed by atoms with Crippen molar-refractivity contribution in [3.05, 3.63) is 75.2 Å². The Kier molecular flexibility index (Phi) is 9.70. The Bertz CT molecular complexity index is 1440. The van der Waals surface area contributed by atoms with Crippen LogP contribution in [0.2, 0.25) is 5.02 Å². The molecular weight excluding hydrogens is 588 g/mol. The van der Waals surface area contributed by atoms with Gasteiger partial charge in [0.15, 0.2) is 11.9 Å². The molecule has 0 spiro atoms. The van der Waals surface area contributed by atoms with E-state index in [1.807, 2.05) is 5.32 Å². The van der Waals surface area contributed by atoms with E-state index in [-0.39, 0.29) is 35.1 Å². The Morgan fingerprint density at radius 2 is 1.63 bits per heavy atom. The van der Waals surface area contributed by atoms with Crippen LogP contribution in [0, 0.1) is 0 Å². The summed E-state index contributed by atoms with van der Waals surface area (Å²) in [7, 11) is 0. The lowest BCUT2D eigenvalue weighted by Crippen LogP contribution is -2.40. The van der Waals surface area contributed by atoms with E-state index in [0.717, 1.165) is 18.2 Å². The number of hydrogen-bond acceptors (Lipinski definition) is 5. The maximum atomic E-state index is 13.2. The summed E-state index contributed by atoms with van der Waals surface area (Å²) in [5.41, 5.74) is -1.93. The van der Waals surface area contributed by atoms with Crippen molar-refractivity contribution in [1.82, 2.24) is 25.0 Å². The van der Waals surface area contributed by atoms with Crippen molar-refractivity contribution in [3.63, 3.8) is 0 Å². The fraction of sp³-hybridized carbons (Fsp3) is 0.333. The van der Waals surface area contributed by atoms with Crippen LogP contribution in [0.1, 0.15) is 17.0 Å². The van der Waals surface area contributed by atoms with Crippen molar-refractivity contribution in [1.29, 1.82) is 0 Å². The first-order valence-corrected chi connectivity index (χ1v) is 12.0. The van der Waals surface area contributed by atoms with Gasteiger partial charge in [0, 0.05) is 29.6 Å². The zero-order chi connectivity index (χ0) is 30.5. The van der Waals surface area contributed by atoms with Crippen LogP contribution in [0.15, 0.2) is 53.3 Å². The first-order chi connectivity index (χ1) is 19.1. The van der Waals surface area contributed by atoms with E-state index >= 15 is 0 Å². The van der Waals surface area contributed by atoms with Gasteiger partial charge in [-0.2, -0.15) is 26.3 Å². The largest absolute Gasteiger partial charge is 0.465 e. The standard InChI is InChI=1S/C24H22ClF6N5O5/c25-17-6-4-13(5-7-17)20-34-36(22(41)35(20)11-18(37)24(29,30)31)12-19(38)32-9-15(10-33-21(39)40)14-2-1-3-16(8-14)23(26,27)28/h1-8,15,18,33,37H,9-12H2,(H,32,38)(H,39,40)/t15?,18-/m0/s1. The Morgan fingerprint density at radius 1 is 1.00 bits per heavy atom. The van der Waals surface area contributed by atoms with Crippen LogP contribution in [0.5, 0.6) is 0 Å². The Labute approximate surface area is 232 Å². The van der Waals surface area contributed by atoms with Crippen molar-refractivity contribution >= 4 is 23.6 Å². The maximum absolute atomic E-state index is 13.2. The quantitative estimate of drug-likeness (QED) is 0.260. The highest BCUT2D eigenvalue weighted by Gasteiger charge is 2.39. The van der Waals surface area contributed by atoms with Gasteiger partial charge >= 0.3 is 24.1 Å². The third kappa shape index (κ3) is 8.47. The molecule has 0 bridgehead atoms. The van der Waals surface area contributed by atoms with E-state index < -0.39 is 60.7 Å². The zero-order valence-electron chi connectivity index (χ0n) is 20.7. The molecule has 0 radical (unpaired) electrons. The molecule has 3 aromatic rings. The van der Waals surface area contributed by atoms with E-state index in [1.165, 1.54) is 30.3 Å². The van der Waals surface area contributed by atoms with Crippen LogP contribution < -0.4 is 16.3 Å². The number of rotatable bonds is 10. The fourth-order valence-electron chi connectivity index (χ4n) is 3.71. The second-order valence-electron chi connectivity index (χ2n) is 8.75. The molecule has 222 valence electrons. The van der Waals surface area contributed by atoms with Crippen molar-refractivity contribution in [2.45, 2.75) is 37.5 Å². The van der Waals surface area contributed by atoms with Crippen molar-refractivity contribution in [2.24, 2.45) is 0 Å². The Hall–Kier alpha value is -4.05. The number of aliphatic hydroxyl groups excluding tert-OH is 1. The lowest BCUT2D eigenvalue weighted by Gasteiger charge is -2.19. The summed E-state index contributed by atoms with van der Waals surface area (Å²) in [5, 5.41) is 27.1. The molecule has 4 N–H and O–H groups in total. The Morgan fingerprint density at radius 3 is 2.22 bits per heavy atom. The number of amides is 2. The highest BCUT2D eigenvalue weighted by atomic mass is 35.5. The smallest absolute Gasteiger partial charge is 0.416 e. The number of carbonyl (C=O) groups is 2. The number of aliphatic hydroxyl groups is 1. The summed E-state index contributed by atoms with van der Waals surface area (Å²) >= 11 is 5.84. The molecular formula is C24H22ClF6N5O5. The molecule has 3 rings (SSSR count). The van der Waals surface area contributed by atoms with Crippen LogP contribution in [0.3, 0.4) is 0 Å². The van der Waals surface area contributed by atoms with Gasteiger partial charge in [0.1, 0.15) is 6.54 Å². The number of carbonyl (C=O) groups excluding carboxylic acids is 1. The molecule has 0 saturated heterocycles. The molecule has 0 aliphatic rings. The molecule has 0 fully saturated rings. The van der Waals surface area contributed by atoms with Gasteiger partial charge < -0.3 is 20.8 Å². The second kappa shape index (κ2) is 12.6. The van der Waals surface area contributed by atoms with Gasteiger partial charge in [-0.25, -0.2) is 14.3 Å². The third-order valence-electron chi connectivity index (χ3n) is 5.78. The van der Waals surface area contributed by atoms with Gasteiger partial charge in [-0.15, -0.1) is 5.10 Å². The summed E-state index contributed by atoms with van der Waals surface area (Å²) in [4.78, 5) is 36.5. The Balaban J connectivity index is 1.84. The van der Waals surface area contributed by atoms with Gasteiger partial charge in [-0.05, 0) is 35.9 Å². The summed E-state index contributed by atoms with van der Waals surface area (Å²) in [6.07, 6.45) is -14.1. The lowest BCUT2D eigenvalue weighted by molar-refractivity contribution is -0.207. The minimum atomic E-state index is -5.06. The lowest BCUT2D eigenvalue weighted by atomic mass is 9.96. The summed E-state index contributed by atoms with van der Waals surface area (Å²) in [6, 6.07) is 9.55. The molecule has 2 amide bonds. The molecule has 0 saturated carbocycles. The van der Waals surface area contributed by atoms with Gasteiger partial charge in [-0.3, -0.25) is 9.36 Å². The number of hydrogen-bond donors (Lipinski definition) is 4. The molecule has 0 aliphatic carbocycles. The SMILES string of the molecule is O=C(O)NCC(CNC(=O)Cn1nc(-c2ccc(Cl)cc2)n(C[C@H](O)C(F)(F)F)c1=O)c1cccc(C(F)(F)F)c1. The highest BCUT2D eigenvalue weighted by Crippen LogP contribution is 2.31. The summed E-state index contributed by atoms with van der Waals surface area (Å²) < 4.78 is 79.6. The molecule has 2 atom stereocenters. The van der Waals surface area contributed by atoms with Crippen LogP contribution >= 0.6 is 11.6 Å². The first-order valence-electron chi connectivity index (χ1n) is 11.6. The van der Waals surface area contributed by atoms with Crippen LogP contribution in [-0.2, 0) is 24.1 Å². The van der Waals surface area contributed by atoms with Gasteiger partial charge in [0.05, 0.1) is 12.1 Å². The number of carboxylic acid groups (broad SMARTS) is 1. The van der Waals surface area contributed by atoms with Crippen molar-refractivity contribution in [2.75, 3.05) is 13.1 Å². The molecule has 0 aliphatic heterocycles. The summed E-state index contributed by atoms with van der Waals surface area (Å²) in [6.45, 7) is -2.77. The molecule has 1 unspecified atom stereocenters. The molecule has 17 heteroatoms. The van der Waals surface area contributed by atoms with E-state index in [1.54, 1.807) is 0 Å². The van der Waals surface area contributed by atoms with Gasteiger partial charge in [0.25, 0.3) is 0 Å². The van der Waals surface area contributed by atoms with E-state index in [2.05, 4.69) is 10.4 Å². The zero-order valence-corrected chi connectivity index (χ0v) is 21.5. The number of nitrogens with one attached hydrogen (secondary N) is 2. The van der Waals surface area contributed by atoms with Crippen molar-refractivity contribution in [3.8, 4) is 11.4 Å². The monoisotopic (exact) mass is 609 g/mol. The minimum Gasteiger partial charge on any atom is -0.465 e. The summed E-state index contributed by atoms with van der Waals surface area (Å²) in [5.74, 6) is -2.16. The topological polar surface area (TPSA) is 138 Å². The number of halogens is 7. The molecule has 41 heavy (non-hydrogen) atoms. The molecule has 10 nitrogen and oxygen atoms in total. The van der Waals surface area contributed by atoms with Gasteiger partial charge in [0.2, 0.25) is 5.91 Å². The number of aromatic nitrogens is 3. The van der Waals surface area contributed by atoms with E-state index in [9.17, 15) is 45.8 Å². The van der Waals surface area contributed by atoms with Crippen LogP contribution in [0.4, 0.5) is 31.1 Å². The molecule has 2 aromatic carbocycles. The average molecular weight is 610 g/mol. The van der Waals surface area contributed by atoms with Gasteiger partial charge in [-0.1, -0.05) is 29.8 Å². The average Bonchev–Trinajstić information content (AvgIpc) is 3.18. The molecule has 1 aromatic heterocycles. The van der Waals surface area contributed by atoms with Crippen LogP contribution in [0.25, 0.3) is 11.4 Å². The predicted octanol–water partition coefficient (Wildman–Crippen LogP) is 3.47. The highest BCUT2D eigenvalue weighted by molar-refractivity contribution is 6.30. The number of alkyl halides is 6. The first kappa shape index (κ1) is 31.5. The number of nitrogens with zero attached hydrogens (tertiary/aromatic N) is 3. The van der Waals surface area contributed by atoms with Crippen LogP contribution in [-0.4, -0.2) is 61.9 Å². The fourth-order valence-corrected chi connectivity index (χ4v) is 3.84. The van der Waals surface area contributed by atoms with E-state index in [4.69, 9.17) is 16.7 Å². The number of benzene rings is 2. The predicted molar refractivity (Wildman–Crippen MR) is 132 cm³/mol. The maximum Gasteiger partial charge on any atom is 0.416 e. The van der Waals surface area contributed by atoms with E-state index in [0.29, 0.717) is 9.25 Å². The third-order valence-corrected chi connectivity index (χ3v) is 6.03. The van der Waals surface area contributed by atoms with Crippen molar-refractivity contribution < 1.29 is 46.1 Å². The normalized spacial score (nSPS) is 13.5. The minimum absolute atomic E-state index is 0.0569. The molecule has 1 heterocycles.